The molecular formula is C37H42N6O4. The minimum Gasteiger partial charge on any atom is -0.496 e. The number of benzene rings is 2. The predicted octanol–water partition coefficient (Wildman–Crippen LogP) is 5.44. The monoisotopic (exact) mass is 634 g/mol. The van der Waals surface area contributed by atoms with Gasteiger partial charge in [0.05, 0.1) is 48.9 Å². The highest BCUT2D eigenvalue weighted by molar-refractivity contribution is 6.02. The van der Waals surface area contributed by atoms with Crippen LogP contribution in [0.1, 0.15) is 59.2 Å². The maximum atomic E-state index is 13.6. The first-order valence-corrected chi connectivity index (χ1v) is 16.4. The molecule has 0 radical (unpaired) electrons. The summed E-state index contributed by atoms with van der Waals surface area (Å²) >= 11 is 0. The first kappa shape index (κ1) is 30.9. The van der Waals surface area contributed by atoms with E-state index < -0.39 is 0 Å². The number of carbonyl (C=O) groups excluding carboxylic acids is 2. The number of likely N-dealkylation sites (N-methyl/N-ethyl adjacent to an activating group) is 1. The number of Topliss-reactive ketones (excluding diaryl/α,β-unsaturated/α-hetero) is 1. The number of imidazole rings is 1. The number of aromatic nitrogens is 4. The molecule has 2 aromatic carbocycles. The Hall–Kier alpha value is -4.70. The number of ether oxygens (including phenoxy) is 2. The van der Waals surface area contributed by atoms with Gasteiger partial charge in [-0.15, -0.1) is 0 Å². The summed E-state index contributed by atoms with van der Waals surface area (Å²) in [6.45, 7) is 4.29. The second kappa shape index (κ2) is 12.5. The summed E-state index contributed by atoms with van der Waals surface area (Å²) in [6.07, 6.45) is 8.21. The zero-order valence-corrected chi connectivity index (χ0v) is 27.8. The highest BCUT2D eigenvalue weighted by Crippen LogP contribution is 2.39. The zero-order chi connectivity index (χ0) is 32.8. The molecule has 5 aromatic rings. The van der Waals surface area contributed by atoms with E-state index in [0.717, 1.165) is 89.3 Å². The molecule has 4 heterocycles. The molecule has 10 nitrogen and oxygen atoms in total. The van der Waals surface area contributed by atoms with Gasteiger partial charge in [0.25, 0.3) is 0 Å². The molecule has 3 aromatic heterocycles. The molecule has 47 heavy (non-hydrogen) atoms. The smallest absolute Gasteiger partial charge is 0.236 e. The van der Waals surface area contributed by atoms with Crippen LogP contribution in [0, 0.1) is 6.92 Å². The quantitative estimate of drug-likeness (QED) is 0.210. The molecule has 244 valence electrons. The van der Waals surface area contributed by atoms with E-state index in [1.807, 2.05) is 85.3 Å². The van der Waals surface area contributed by atoms with Gasteiger partial charge in [0, 0.05) is 74.5 Å². The van der Waals surface area contributed by atoms with Crippen LogP contribution in [0.15, 0.2) is 54.9 Å². The summed E-state index contributed by atoms with van der Waals surface area (Å²) in [4.78, 5) is 40.1. The lowest BCUT2D eigenvalue weighted by Gasteiger charge is -2.40. The van der Waals surface area contributed by atoms with E-state index in [4.69, 9.17) is 14.5 Å². The number of methoxy groups -OCH3 is 2. The third kappa shape index (κ3) is 5.54. The fourth-order valence-electron chi connectivity index (χ4n) is 7.58. The summed E-state index contributed by atoms with van der Waals surface area (Å²) in [5, 5.41) is 0.914. The van der Waals surface area contributed by atoms with Crippen LogP contribution in [0.2, 0.25) is 0 Å². The summed E-state index contributed by atoms with van der Waals surface area (Å²) in [5.41, 5.74) is 6.09. The predicted molar refractivity (Wildman–Crippen MR) is 181 cm³/mol. The number of ketones is 1. The van der Waals surface area contributed by atoms with Crippen molar-refractivity contribution < 1.29 is 19.1 Å². The van der Waals surface area contributed by atoms with Crippen LogP contribution in [0.4, 0.5) is 0 Å². The third-order valence-corrected chi connectivity index (χ3v) is 10.3. The van der Waals surface area contributed by atoms with Crippen LogP contribution in [0.3, 0.4) is 0 Å². The molecule has 2 aliphatic rings. The van der Waals surface area contributed by atoms with E-state index in [0.29, 0.717) is 29.9 Å². The average molecular weight is 635 g/mol. The SMILES string of the molecule is COc1cc(-c2nc(C3CCC(N4CCN(C)C(=O)C4)CC3)n3ccnc(C)c23)ccc1CC(=O)c1cc2c(OC)cccc2n1C. The van der Waals surface area contributed by atoms with Crippen molar-refractivity contribution in [2.24, 2.45) is 7.05 Å². The van der Waals surface area contributed by atoms with Crippen molar-refractivity contribution in [2.45, 2.75) is 51.0 Å². The normalized spacial score (nSPS) is 19.1. The number of aryl methyl sites for hydroxylation is 2. The van der Waals surface area contributed by atoms with Crippen molar-refractivity contribution >= 4 is 28.1 Å². The Morgan fingerprint density at radius 2 is 1.77 bits per heavy atom. The van der Waals surface area contributed by atoms with Crippen molar-refractivity contribution in [3.05, 3.63) is 77.6 Å². The van der Waals surface area contributed by atoms with Gasteiger partial charge in [0.2, 0.25) is 5.91 Å². The van der Waals surface area contributed by atoms with Crippen molar-refractivity contribution in [3.63, 3.8) is 0 Å². The number of hydrogen-bond donors (Lipinski definition) is 0. The maximum Gasteiger partial charge on any atom is 0.236 e. The summed E-state index contributed by atoms with van der Waals surface area (Å²) in [5.74, 6) is 2.98. The summed E-state index contributed by atoms with van der Waals surface area (Å²) < 4.78 is 15.5. The third-order valence-electron chi connectivity index (χ3n) is 10.3. The topological polar surface area (TPSA) is 94.2 Å². The van der Waals surface area contributed by atoms with Crippen LogP contribution >= 0.6 is 0 Å². The van der Waals surface area contributed by atoms with Gasteiger partial charge in [-0.1, -0.05) is 18.2 Å². The Morgan fingerprint density at radius 3 is 2.51 bits per heavy atom. The molecule has 0 spiro atoms. The highest BCUT2D eigenvalue weighted by atomic mass is 16.5. The molecule has 0 bridgehead atoms. The first-order valence-electron chi connectivity index (χ1n) is 16.4. The lowest BCUT2D eigenvalue weighted by molar-refractivity contribution is -0.135. The number of piperazine rings is 1. The minimum absolute atomic E-state index is 0.00289. The van der Waals surface area contributed by atoms with Crippen LogP contribution in [-0.4, -0.2) is 87.4 Å². The summed E-state index contributed by atoms with van der Waals surface area (Å²) in [6, 6.07) is 14.2. The van der Waals surface area contributed by atoms with Gasteiger partial charge in [-0.3, -0.25) is 23.9 Å². The lowest BCUT2D eigenvalue weighted by Crippen LogP contribution is -2.52. The van der Waals surface area contributed by atoms with E-state index in [-0.39, 0.29) is 18.1 Å². The standard InChI is InChI=1S/C37H42N6O4/c1-23-36-35(39-37(43(36)16-15-38-23)24-11-13-27(14-12-24)42-18-17-40(2)34(45)22-42)26-10-9-25(33(20-26)47-5)19-31(44)30-21-28-29(41(30)3)7-6-8-32(28)46-4/h6-10,15-16,20-21,24,27H,11-14,17-19,22H2,1-5H3. The Morgan fingerprint density at radius 1 is 0.979 bits per heavy atom. The van der Waals surface area contributed by atoms with E-state index in [2.05, 4.69) is 14.3 Å². The van der Waals surface area contributed by atoms with E-state index in [1.165, 1.54) is 0 Å². The molecular weight excluding hydrogens is 592 g/mol. The minimum atomic E-state index is 0.00289. The van der Waals surface area contributed by atoms with Gasteiger partial charge < -0.3 is 18.9 Å². The molecule has 7 rings (SSSR count). The molecule has 0 atom stereocenters. The van der Waals surface area contributed by atoms with Crippen molar-refractivity contribution in [1.29, 1.82) is 0 Å². The number of hydrogen-bond acceptors (Lipinski definition) is 7. The van der Waals surface area contributed by atoms with Gasteiger partial charge in [-0.25, -0.2) is 4.98 Å². The summed E-state index contributed by atoms with van der Waals surface area (Å²) in [7, 11) is 7.09. The second-order valence-corrected chi connectivity index (χ2v) is 12.9. The van der Waals surface area contributed by atoms with Crippen LogP contribution in [0.5, 0.6) is 11.5 Å². The number of fused-ring (bicyclic) bond motifs is 2. The Labute approximate surface area is 274 Å². The van der Waals surface area contributed by atoms with Gasteiger partial charge in [0.1, 0.15) is 17.3 Å². The van der Waals surface area contributed by atoms with E-state index in [1.54, 1.807) is 14.2 Å². The Bertz CT molecular complexity index is 1990. The van der Waals surface area contributed by atoms with Gasteiger partial charge >= 0.3 is 0 Å². The van der Waals surface area contributed by atoms with Gasteiger partial charge in [0.15, 0.2) is 5.78 Å². The van der Waals surface area contributed by atoms with Gasteiger partial charge in [-0.05, 0) is 56.9 Å². The van der Waals surface area contributed by atoms with Crippen LogP contribution < -0.4 is 9.47 Å². The molecule has 10 heteroatoms. The van der Waals surface area contributed by atoms with Crippen molar-refractivity contribution in [2.75, 3.05) is 40.9 Å². The molecule has 1 amide bonds. The van der Waals surface area contributed by atoms with Crippen molar-refractivity contribution in [1.82, 2.24) is 28.7 Å². The van der Waals surface area contributed by atoms with E-state index >= 15 is 0 Å². The number of nitrogens with zero attached hydrogens (tertiary/aromatic N) is 6. The Kier molecular flexibility index (Phi) is 8.21. The fraction of sp³-hybridized carbons (Fsp3) is 0.405. The molecule has 2 fully saturated rings. The maximum absolute atomic E-state index is 13.6. The molecule has 0 N–H and O–H groups in total. The van der Waals surface area contributed by atoms with Crippen LogP contribution in [0.25, 0.3) is 27.7 Å². The first-order chi connectivity index (χ1) is 22.8. The zero-order valence-electron chi connectivity index (χ0n) is 27.8. The molecule has 1 saturated heterocycles. The molecule has 1 aliphatic heterocycles. The van der Waals surface area contributed by atoms with Crippen LogP contribution in [-0.2, 0) is 18.3 Å². The average Bonchev–Trinajstić information content (AvgIpc) is 3.65. The second-order valence-electron chi connectivity index (χ2n) is 12.9. The molecule has 1 saturated carbocycles. The van der Waals surface area contributed by atoms with Crippen molar-refractivity contribution in [3.8, 4) is 22.8 Å². The largest absolute Gasteiger partial charge is 0.496 e. The van der Waals surface area contributed by atoms with E-state index in [9.17, 15) is 9.59 Å². The number of carbonyl (C=O) groups is 2. The number of rotatable bonds is 8. The molecule has 0 unspecified atom stereocenters. The Balaban J connectivity index is 1.15. The lowest BCUT2D eigenvalue weighted by atomic mass is 9.84. The molecule has 1 aliphatic carbocycles. The fourth-order valence-corrected chi connectivity index (χ4v) is 7.58. The number of amides is 1. The van der Waals surface area contributed by atoms with Gasteiger partial charge in [-0.2, -0.15) is 0 Å². The highest BCUT2D eigenvalue weighted by Gasteiger charge is 2.33.